The van der Waals surface area contributed by atoms with Crippen LogP contribution in [0, 0.1) is 0 Å². The molecule has 3 rings (SSSR count). The van der Waals surface area contributed by atoms with E-state index in [1.807, 2.05) is 24.4 Å². The standard InChI is InChI=1S/C15H17BrClN3/c16-10-5-6-12(13(17)7-10)14-8-19-15(20-14)9-18-11-3-1-2-4-11/h5-8,11,18H,1-4,9H2,(H,19,20). The van der Waals surface area contributed by atoms with Gasteiger partial charge in [0.1, 0.15) is 5.82 Å². The predicted molar refractivity (Wildman–Crippen MR) is 85.8 cm³/mol. The van der Waals surface area contributed by atoms with Crippen LogP contribution in [0.15, 0.2) is 28.9 Å². The highest BCUT2D eigenvalue weighted by atomic mass is 79.9. The summed E-state index contributed by atoms with van der Waals surface area (Å²) in [6.07, 6.45) is 7.10. The molecule has 1 aliphatic carbocycles. The zero-order valence-electron chi connectivity index (χ0n) is 11.1. The zero-order chi connectivity index (χ0) is 13.9. The average Bonchev–Trinajstić information content (AvgIpc) is 3.07. The molecule has 0 saturated heterocycles. The summed E-state index contributed by atoms with van der Waals surface area (Å²) in [6, 6.07) is 6.53. The van der Waals surface area contributed by atoms with Crippen molar-refractivity contribution in [3.63, 3.8) is 0 Å². The molecule has 3 nitrogen and oxygen atoms in total. The first kappa shape index (κ1) is 14.1. The van der Waals surface area contributed by atoms with Crippen LogP contribution in [-0.2, 0) is 6.54 Å². The van der Waals surface area contributed by atoms with E-state index >= 15 is 0 Å². The molecular weight excluding hydrogens is 338 g/mol. The fourth-order valence-electron chi connectivity index (χ4n) is 2.67. The smallest absolute Gasteiger partial charge is 0.120 e. The maximum atomic E-state index is 6.26. The van der Waals surface area contributed by atoms with E-state index in [-0.39, 0.29) is 0 Å². The van der Waals surface area contributed by atoms with Gasteiger partial charge in [-0.2, -0.15) is 0 Å². The predicted octanol–water partition coefficient (Wildman–Crippen LogP) is 4.52. The normalized spacial score (nSPS) is 15.9. The lowest BCUT2D eigenvalue weighted by atomic mass is 10.2. The fourth-order valence-corrected chi connectivity index (χ4v) is 3.44. The molecular formula is C15H17BrClN3. The first-order chi connectivity index (χ1) is 9.72. The van der Waals surface area contributed by atoms with Crippen molar-refractivity contribution < 1.29 is 0 Å². The summed E-state index contributed by atoms with van der Waals surface area (Å²) in [4.78, 5) is 7.77. The van der Waals surface area contributed by atoms with Gasteiger partial charge in [0.25, 0.3) is 0 Å². The van der Waals surface area contributed by atoms with Crippen molar-refractivity contribution in [1.82, 2.24) is 15.3 Å². The second kappa shape index (κ2) is 6.29. The third-order valence-electron chi connectivity index (χ3n) is 3.76. The van der Waals surface area contributed by atoms with Gasteiger partial charge in [-0.1, -0.05) is 46.4 Å². The van der Waals surface area contributed by atoms with Gasteiger partial charge in [0.15, 0.2) is 0 Å². The van der Waals surface area contributed by atoms with Crippen LogP contribution in [0.5, 0.6) is 0 Å². The Labute approximate surface area is 132 Å². The number of H-pyrrole nitrogens is 1. The number of hydrogen-bond donors (Lipinski definition) is 2. The molecule has 1 aliphatic rings. The number of benzene rings is 1. The van der Waals surface area contributed by atoms with E-state index in [1.165, 1.54) is 25.7 Å². The summed E-state index contributed by atoms with van der Waals surface area (Å²) in [5.41, 5.74) is 1.94. The number of imidazole rings is 1. The highest BCUT2D eigenvalue weighted by molar-refractivity contribution is 9.10. The first-order valence-corrected chi connectivity index (χ1v) is 8.12. The van der Waals surface area contributed by atoms with Crippen molar-refractivity contribution in [2.24, 2.45) is 0 Å². The molecule has 0 spiro atoms. The summed E-state index contributed by atoms with van der Waals surface area (Å²) in [5.74, 6) is 0.964. The Kier molecular flexibility index (Phi) is 4.44. The van der Waals surface area contributed by atoms with Crippen LogP contribution >= 0.6 is 27.5 Å². The molecule has 0 bridgehead atoms. The minimum absolute atomic E-state index is 0.653. The van der Waals surface area contributed by atoms with Crippen LogP contribution in [0.25, 0.3) is 11.3 Å². The molecule has 5 heteroatoms. The third kappa shape index (κ3) is 3.25. The van der Waals surface area contributed by atoms with Crippen LogP contribution in [0.4, 0.5) is 0 Å². The van der Waals surface area contributed by atoms with Gasteiger partial charge >= 0.3 is 0 Å². The molecule has 106 valence electrons. The van der Waals surface area contributed by atoms with Crippen LogP contribution in [0.3, 0.4) is 0 Å². The first-order valence-electron chi connectivity index (χ1n) is 6.95. The second-order valence-corrected chi connectivity index (χ2v) is 6.55. The number of hydrogen-bond acceptors (Lipinski definition) is 2. The second-order valence-electron chi connectivity index (χ2n) is 5.23. The maximum Gasteiger partial charge on any atom is 0.120 e. The number of aromatic nitrogens is 2. The quantitative estimate of drug-likeness (QED) is 0.847. The molecule has 2 N–H and O–H groups in total. The van der Waals surface area contributed by atoms with Crippen molar-refractivity contribution >= 4 is 27.5 Å². The molecule has 0 aliphatic heterocycles. The van der Waals surface area contributed by atoms with Crippen LogP contribution in [0.2, 0.25) is 5.02 Å². The topological polar surface area (TPSA) is 40.7 Å². The van der Waals surface area contributed by atoms with E-state index in [9.17, 15) is 0 Å². The van der Waals surface area contributed by atoms with Gasteiger partial charge in [0.05, 0.1) is 23.5 Å². The number of halogens is 2. The molecule has 1 aromatic carbocycles. The Morgan fingerprint density at radius 2 is 2.15 bits per heavy atom. The minimum atomic E-state index is 0.653. The number of nitrogens with zero attached hydrogens (tertiary/aromatic N) is 1. The van der Waals surface area contributed by atoms with Gasteiger partial charge in [0, 0.05) is 16.1 Å². The summed E-state index contributed by atoms with van der Waals surface area (Å²) < 4.78 is 0.980. The lowest BCUT2D eigenvalue weighted by molar-refractivity contribution is 0.515. The Morgan fingerprint density at radius 1 is 1.35 bits per heavy atom. The van der Waals surface area contributed by atoms with Gasteiger partial charge in [-0.3, -0.25) is 0 Å². The van der Waals surface area contributed by atoms with E-state index < -0.39 is 0 Å². The van der Waals surface area contributed by atoms with Gasteiger partial charge in [-0.25, -0.2) is 4.98 Å². The van der Waals surface area contributed by atoms with Crippen molar-refractivity contribution in [1.29, 1.82) is 0 Å². The summed E-state index contributed by atoms with van der Waals surface area (Å²) in [5, 5.41) is 4.27. The van der Waals surface area contributed by atoms with E-state index in [2.05, 4.69) is 31.2 Å². The molecule has 20 heavy (non-hydrogen) atoms. The van der Waals surface area contributed by atoms with Crippen LogP contribution in [-0.4, -0.2) is 16.0 Å². The molecule has 0 unspecified atom stereocenters. The van der Waals surface area contributed by atoms with E-state index in [0.717, 1.165) is 33.1 Å². The van der Waals surface area contributed by atoms with Crippen molar-refractivity contribution in [3.05, 3.63) is 39.7 Å². The molecule has 0 atom stereocenters. The Bertz CT molecular complexity index is 591. The monoisotopic (exact) mass is 353 g/mol. The molecule has 0 amide bonds. The van der Waals surface area contributed by atoms with Crippen molar-refractivity contribution in [3.8, 4) is 11.3 Å². The molecule has 1 fully saturated rings. The molecule has 0 radical (unpaired) electrons. The molecule has 1 heterocycles. The summed E-state index contributed by atoms with van der Waals surface area (Å²) in [7, 11) is 0. The van der Waals surface area contributed by atoms with Gasteiger partial charge in [-0.05, 0) is 25.0 Å². The fraction of sp³-hybridized carbons (Fsp3) is 0.400. The van der Waals surface area contributed by atoms with E-state index in [4.69, 9.17) is 11.6 Å². The Morgan fingerprint density at radius 3 is 2.90 bits per heavy atom. The maximum absolute atomic E-state index is 6.26. The SMILES string of the molecule is Clc1cc(Br)ccc1-c1cnc(CNC2CCCC2)[nH]1. The largest absolute Gasteiger partial charge is 0.341 e. The van der Waals surface area contributed by atoms with Crippen LogP contribution in [0.1, 0.15) is 31.5 Å². The van der Waals surface area contributed by atoms with Crippen LogP contribution < -0.4 is 5.32 Å². The Balaban J connectivity index is 1.69. The van der Waals surface area contributed by atoms with Crippen molar-refractivity contribution in [2.75, 3.05) is 0 Å². The lowest BCUT2D eigenvalue weighted by Gasteiger charge is -2.09. The molecule has 1 aromatic heterocycles. The van der Waals surface area contributed by atoms with Gasteiger partial charge in [0.2, 0.25) is 0 Å². The van der Waals surface area contributed by atoms with Gasteiger partial charge in [-0.15, -0.1) is 0 Å². The average molecular weight is 355 g/mol. The number of aromatic amines is 1. The zero-order valence-corrected chi connectivity index (χ0v) is 13.5. The third-order valence-corrected chi connectivity index (χ3v) is 4.57. The number of rotatable bonds is 4. The number of nitrogens with one attached hydrogen (secondary N) is 2. The van der Waals surface area contributed by atoms with E-state index in [1.54, 1.807) is 0 Å². The Hall–Kier alpha value is -0.840. The molecule has 2 aromatic rings. The molecule has 1 saturated carbocycles. The van der Waals surface area contributed by atoms with E-state index in [0.29, 0.717) is 6.04 Å². The van der Waals surface area contributed by atoms with Gasteiger partial charge < -0.3 is 10.3 Å². The highest BCUT2D eigenvalue weighted by Crippen LogP contribution is 2.29. The summed E-state index contributed by atoms with van der Waals surface area (Å²) >= 11 is 9.68. The highest BCUT2D eigenvalue weighted by Gasteiger charge is 2.14. The van der Waals surface area contributed by atoms with Crippen molar-refractivity contribution in [2.45, 2.75) is 38.3 Å². The summed E-state index contributed by atoms with van der Waals surface area (Å²) in [6.45, 7) is 0.790. The lowest BCUT2D eigenvalue weighted by Crippen LogP contribution is -2.25. The minimum Gasteiger partial charge on any atom is -0.341 e.